The zero-order valence-corrected chi connectivity index (χ0v) is 7.06. The van der Waals surface area contributed by atoms with Gasteiger partial charge < -0.3 is 5.73 Å². The fourth-order valence-electron chi connectivity index (χ4n) is 1.08. The smallest absolute Gasteiger partial charge is 0.135 e. The molecule has 4 heteroatoms. The lowest BCUT2D eigenvalue weighted by Crippen LogP contribution is -2.08. The Morgan fingerprint density at radius 3 is 2.92 bits per heavy atom. The van der Waals surface area contributed by atoms with Crippen molar-refractivity contribution >= 4 is 28.3 Å². The van der Waals surface area contributed by atoms with E-state index in [0.29, 0.717) is 0 Å². The number of nitrogen functional groups attached to an aromatic ring is 1. The Bertz CT molecular complexity index is 433. The Morgan fingerprint density at radius 2 is 2.17 bits per heavy atom. The van der Waals surface area contributed by atoms with Crippen LogP contribution in [-0.4, -0.2) is 10.2 Å². The van der Waals surface area contributed by atoms with Crippen molar-refractivity contribution in [1.29, 1.82) is 5.41 Å². The van der Waals surface area contributed by atoms with Crippen LogP contribution in [-0.2, 0) is 0 Å². The van der Waals surface area contributed by atoms with Crippen LogP contribution in [0.5, 0.6) is 0 Å². The summed E-state index contributed by atoms with van der Waals surface area (Å²) >= 11 is 1.27. The van der Waals surface area contributed by atoms with E-state index in [4.69, 9.17) is 11.1 Å². The van der Waals surface area contributed by atoms with Gasteiger partial charge in [-0.15, -0.1) is 0 Å². The number of nitrogens with zero attached hydrogens (tertiary/aromatic N) is 1. The first-order valence-corrected chi connectivity index (χ1v) is 4.25. The number of hydrogen-bond acceptors (Lipinski definition) is 3. The van der Waals surface area contributed by atoms with Gasteiger partial charge >= 0.3 is 0 Å². The van der Waals surface area contributed by atoms with E-state index >= 15 is 0 Å². The van der Waals surface area contributed by atoms with Crippen molar-refractivity contribution in [3.05, 3.63) is 29.1 Å². The Kier molecular flexibility index (Phi) is 1.55. The second-order valence-corrected chi connectivity index (χ2v) is 3.22. The zero-order chi connectivity index (χ0) is 8.55. The van der Waals surface area contributed by atoms with E-state index in [1.807, 2.05) is 24.3 Å². The Labute approximate surface area is 73.5 Å². The van der Waals surface area contributed by atoms with Gasteiger partial charge in [-0.25, -0.2) is 0 Å². The normalized spacial score (nSPS) is 10.3. The van der Waals surface area contributed by atoms with E-state index < -0.39 is 0 Å². The number of hydrogen-bond donors (Lipinski definition) is 2. The highest BCUT2D eigenvalue weighted by atomic mass is 32.1. The highest BCUT2D eigenvalue weighted by Crippen LogP contribution is 2.20. The summed E-state index contributed by atoms with van der Waals surface area (Å²) < 4.78 is 4.16. The molecule has 0 unspecified atom stereocenters. The van der Waals surface area contributed by atoms with Crippen molar-refractivity contribution in [3.8, 4) is 0 Å². The summed E-state index contributed by atoms with van der Waals surface area (Å²) in [5.74, 6) is 0.0914. The zero-order valence-electron chi connectivity index (χ0n) is 6.24. The molecular formula is C8H7N3S. The summed E-state index contributed by atoms with van der Waals surface area (Å²) in [6, 6.07) is 7.68. The molecule has 0 fully saturated rings. The molecule has 1 heterocycles. The fourth-order valence-corrected chi connectivity index (χ4v) is 1.80. The minimum absolute atomic E-state index is 0.0914. The summed E-state index contributed by atoms with van der Waals surface area (Å²) in [4.78, 5) is 0.755. The first-order valence-electron chi connectivity index (χ1n) is 3.48. The number of rotatable bonds is 1. The van der Waals surface area contributed by atoms with Crippen LogP contribution < -0.4 is 5.73 Å². The topological polar surface area (TPSA) is 62.8 Å². The van der Waals surface area contributed by atoms with Crippen molar-refractivity contribution in [3.63, 3.8) is 0 Å². The first-order chi connectivity index (χ1) is 5.79. The van der Waals surface area contributed by atoms with Crippen LogP contribution in [0.15, 0.2) is 24.3 Å². The molecule has 0 spiro atoms. The molecule has 0 saturated carbocycles. The SMILES string of the molecule is N=C(N)c1snc2ccccc12. The van der Waals surface area contributed by atoms with Gasteiger partial charge in [-0.1, -0.05) is 18.2 Å². The Morgan fingerprint density at radius 1 is 1.42 bits per heavy atom. The van der Waals surface area contributed by atoms with Crippen molar-refractivity contribution in [1.82, 2.24) is 4.37 Å². The summed E-state index contributed by atoms with van der Waals surface area (Å²) in [6.45, 7) is 0. The molecule has 3 N–H and O–H groups in total. The highest BCUT2D eigenvalue weighted by Gasteiger charge is 2.06. The molecule has 1 aromatic carbocycles. The van der Waals surface area contributed by atoms with Crippen LogP contribution >= 0.6 is 11.5 Å². The van der Waals surface area contributed by atoms with Crippen molar-refractivity contribution in [2.24, 2.45) is 5.73 Å². The lowest BCUT2D eigenvalue weighted by Gasteiger charge is -1.91. The highest BCUT2D eigenvalue weighted by molar-refractivity contribution is 7.09. The average Bonchev–Trinajstić information content (AvgIpc) is 2.47. The lowest BCUT2D eigenvalue weighted by atomic mass is 10.2. The third-order valence-corrected chi connectivity index (χ3v) is 2.54. The van der Waals surface area contributed by atoms with Gasteiger partial charge in [0.25, 0.3) is 0 Å². The van der Waals surface area contributed by atoms with Gasteiger partial charge in [-0.05, 0) is 17.6 Å². The predicted octanol–water partition coefficient (Wildman–Crippen LogP) is 1.58. The van der Waals surface area contributed by atoms with Crippen LogP contribution in [0, 0.1) is 5.41 Å². The number of aromatic nitrogens is 1. The maximum atomic E-state index is 7.28. The van der Waals surface area contributed by atoms with Gasteiger partial charge in [0.1, 0.15) is 5.84 Å². The summed E-state index contributed by atoms with van der Waals surface area (Å²) in [5.41, 5.74) is 6.29. The molecule has 2 rings (SSSR count). The number of nitrogens with two attached hydrogens (primary N) is 1. The third-order valence-electron chi connectivity index (χ3n) is 1.63. The monoisotopic (exact) mass is 177 g/mol. The van der Waals surface area contributed by atoms with Gasteiger partial charge in [0, 0.05) is 5.39 Å². The lowest BCUT2D eigenvalue weighted by molar-refractivity contribution is 1.46. The van der Waals surface area contributed by atoms with Gasteiger partial charge in [0.2, 0.25) is 0 Å². The molecule has 12 heavy (non-hydrogen) atoms. The Hall–Kier alpha value is -1.42. The van der Waals surface area contributed by atoms with Gasteiger partial charge in [0.05, 0.1) is 10.4 Å². The molecule has 0 radical (unpaired) electrons. The molecule has 0 aliphatic carbocycles. The van der Waals surface area contributed by atoms with Crippen molar-refractivity contribution in [2.75, 3.05) is 0 Å². The standard InChI is InChI=1S/C8H7N3S/c9-8(10)7-5-3-1-2-4-6(5)11-12-7/h1-4H,(H3,9,10). The van der Waals surface area contributed by atoms with E-state index in [9.17, 15) is 0 Å². The van der Waals surface area contributed by atoms with E-state index in [-0.39, 0.29) is 5.84 Å². The molecule has 0 saturated heterocycles. The van der Waals surface area contributed by atoms with Crippen LogP contribution in [0.4, 0.5) is 0 Å². The predicted molar refractivity (Wildman–Crippen MR) is 50.6 cm³/mol. The second-order valence-electron chi connectivity index (χ2n) is 2.44. The minimum atomic E-state index is 0.0914. The first kappa shape index (κ1) is 7.24. The maximum Gasteiger partial charge on any atom is 0.135 e. The molecular weight excluding hydrogens is 170 g/mol. The molecule has 0 aliphatic heterocycles. The van der Waals surface area contributed by atoms with Gasteiger partial charge in [0.15, 0.2) is 0 Å². The van der Waals surface area contributed by atoms with Crippen LogP contribution in [0.2, 0.25) is 0 Å². The van der Waals surface area contributed by atoms with E-state index in [0.717, 1.165) is 15.8 Å². The number of fused-ring (bicyclic) bond motifs is 1. The molecule has 0 aliphatic rings. The molecule has 0 atom stereocenters. The Balaban J connectivity index is 2.79. The van der Waals surface area contributed by atoms with E-state index in [1.54, 1.807) is 0 Å². The number of amidine groups is 1. The quantitative estimate of drug-likeness (QED) is 0.513. The van der Waals surface area contributed by atoms with Crippen LogP contribution in [0.25, 0.3) is 10.9 Å². The number of nitrogens with one attached hydrogen (secondary N) is 1. The maximum absolute atomic E-state index is 7.28. The van der Waals surface area contributed by atoms with Gasteiger partial charge in [-0.3, -0.25) is 5.41 Å². The minimum Gasteiger partial charge on any atom is -0.383 e. The third kappa shape index (κ3) is 0.967. The van der Waals surface area contributed by atoms with Gasteiger partial charge in [-0.2, -0.15) is 4.37 Å². The molecule has 1 aromatic heterocycles. The van der Waals surface area contributed by atoms with Crippen LogP contribution in [0.3, 0.4) is 0 Å². The summed E-state index contributed by atoms with van der Waals surface area (Å²) in [5, 5.41) is 8.25. The summed E-state index contributed by atoms with van der Waals surface area (Å²) in [7, 11) is 0. The molecule has 0 bridgehead atoms. The fraction of sp³-hybridized carbons (Fsp3) is 0. The largest absolute Gasteiger partial charge is 0.383 e. The molecule has 60 valence electrons. The number of benzene rings is 1. The van der Waals surface area contributed by atoms with Crippen LogP contribution in [0.1, 0.15) is 4.88 Å². The molecule has 3 nitrogen and oxygen atoms in total. The van der Waals surface area contributed by atoms with Crippen molar-refractivity contribution in [2.45, 2.75) is 0 Å². The molecule has 2 aromatic rings. The average molecular weight is 177 g/mol. The van der Waals surface area contributed by atoms with E-state index in [2.05, 4.69) is 4.37 Å². The van der Waals surface area contributed by atoms with Crippen molar-refractivity contribution < 1.29 is 0 Å². The summed E-state index contributed by atoms with van der Waals surface area (Å²) in [6.07, 6.45) is 0. The van der Waals surface area contributed by atoms with E-state index in [1.165, 1.54) is 11.5 Å². The molecule has 0 amide bonds. The second kappa shape index (κ2) is 2.57.